The first kappa shape index (κ1) is 20.0. The molecule has 152 valence electrons. The Morgan fingerprint density at radius 3 is 2.72 bits per heavy atom. The van der Waals surface area contributed by atoms with Gasteiger partial charge >= 0.3 is 0 Å². The molecule has 2 heterocycles. The molecule has 9 heteroatoms. The summed E-state index contributed by atoms with van der Waals surface area (Å²) in [7, 11) is 1.78. The predicted molar refractivity (Wildman–Crippen MR) is 114 cm³/mol. The number of nitrogens with zero attached hydrogens (tertiary/aromatic N) is 4. The molecule has 1 aliphatic carbocycles. The van der Waals surface area contributed by atoms with E-state index in [1.165, 1.54) is 11.8 Å². The van der Waals surface area contributed by atoms with Gasteiger partial charge in [-0.05, 0) is 30.5 Å². The van der Waals surface area contributed by atoms with E-state index in [-0.39, 0.29) is 23.3 Å². The maximum absolute atomic E-state index is 13.1. The lowest BCUT2D eigenvalue weighted by Gasteiger charge is -2.17. The van der Waals surface area contributed by atoms with Gasteiger partial charge < -0.3 is 5.32 Å². The summed E-state index contributed by atoms with van der Waals surface area (Å²) in [6.07, 6.45) is 5.85. The zero-order valence-electron chi connectivity index (χ0n) is 16.1. The maximum atomic E-state index is 13.1. The number of nitrogens with one attached hydrogen (secondary N) is 1. The molecule has 0 atom stereocenters. The lowest BCUT2D eigenvalue weighted by molar-refractivity contribution is -0.118. The number of halogens is 1. The number of aromatic nitrogens is 4. The normalized spacial score (nSPS) is 14.6. The van der Waals surface area contributed by atoms with Crippen molar-refractivity contribution in [1.82, 2.24) is 24.6 Å². The quantitative estimate of drug-likeness (QED) is 0.478. The second-order valence-corrected chi connectivity index (χ2v) is 8.62. The second kappa shape index (κ2) is 8.59. The molecule has 0 saturated heterocycles. The average molecular weight is 432 g/mol. The number of aryl methyl sites for hydroxylation is 1. The minimum absolute atomic E-state index is 0.108. The molecule has 1 fully saturated rings. The smallest absolute Gasteiger partial charge is 0.282 e. The number of carbonyl (C=O) groups excluding carboxylic acids is 1. The first-order chi connectivity index (χ1) is 14.0. The zero-order chi connectivity index (χ0) is 20.4. The Labute approximate surface area is 177 Å². The van der Waals surface area contributed by atoms with Crippen LogP contribution in [-0.4, -0.2) is 31.0 Å². The van der Waals surface area contributed by atoms with Crippen LogP contribution in [0.4, 0.5) is 0 Å². The van der Waals surface area contributed by atoms with Gasteiger partial charge in [0, 0.05) is 24.7 Å². The largest absolute Gasteiger partial charge is 0.351 e. The van der Waals surface area contributed by atoms with Crippen molar-refractivity contribution in [3.63, 3.8) is 0 Å². The van der Waals surface area contributed by atoms with Gasteiger partial charge in [-0.2, -0.15) is 5.10 Å². The van der Waals surface area contributed by atoms with E-state index in [1.807, 2.05) is 12.1 Å². The van der Waals surface area contributed by atoms with Crippen LogP contribution in [0.15, 0.2) is 40.4 Å². The van der Waals surface area contributed by atoms with Crippen LogP contribution in [0.1, 0.15) is 37.3 Å². The van der Waals surface area contributed by atoms with Crippen LogP contribution >= 0.6 is 23.4 Å². The molecule has 1 aliphatic rings. The lowest BCUT2D eigenvalue weighted by atomic mass is 10.2. The minimum Gasteiger partial charge on any atom is -0.351 e. The van der Waals surface area contributed by atoms with Gasteiger partial charge in [0.05, 0.1) is 11.9 Å². The molecule has 0 aliphatic heterocycles. The second-order valence-electron chi connectivity index (χ2n) is 7.24. The zero-order valence-corrected chi connectivity index (χ0v) is 17.7. The van der Waals surface area contributed by atoms with Gasteiger partial charge in [0.2, 0.25) is 5.91 Å². The Bertz CT molecular complexity index is 1090. The Hall–Kier alpha value is -2.32. The molecular weight excluding hydrogens is 410 g/mol. The van der Waals surface area contributed by atoms with Crippen LogP contribution in [0.25, 0.3) is 11.0 Å². The van der Waals surface area contributed by atoms with Crippen LogP contribution in [0, 0.1) is 0 Å². The molecule has 0 radical (unpaired) electrons. The number of hydrogen-bond donors (Lipinski definition) is 1. The van der Waals surface area contributed by atoms with Gasteiger partial charge in [0.15, 0.2) is 10.7 Å². The van der Waals surface area contributed by atoms with Gasteiger partial charge in [-0.15, -0.1) is 0 Å². The number of fused-ring (bicyclic) bond motifs is 1. The first-order valence-electron chi connectivity index (χ1n) is 9.61. The van der Waals surface area contributed by atoms with Crippen molar-refractivity contribution in [3.8, 4) is 0 Å². The Balaban J connectivity index is 1.50. The Morgan fingerprint density at radius 2 is 2.00 bits per heavy atom. The van der Waals surface area contributed by atoms with Crippen LogP contribution in [0.5, 0.6) is 0 Å². The third kappa shape index (κ3) is 4.48. The molecule has 29 heavy (non-hydrogen) atoms. The van der Waals surface area contributed by atoms with Crippen molar-refractivity contribution in [1.29, 1.82) is 0 Å². The summed E-state index contributed by atoms with van der Waals surface area (Å²) in [5, 5.41) is 8.42. The van der Waals surface area contributed by atoms with Crippen LogP contribution in [0.2, 0.25) is 5.02 Å². The SMILES string of the molecule is Cn1cc2nc(SCC(=O)NCc3ccc(Cl)cc3)n(C3CCCC3)c(=O)c2n1. The minimum atomic E-state index is -0.119. The van der Waals surface area contributed by atoms with E-state index < -0.39 is 0 Å². The summed E-state index contributed by atoms with van der Waals surface area (Å²) in [6.45, 7) is 0.432. The van der Waals surface area contributed by atoms with Crippen molar-refractivity contribution >= 4 is 40.3 Å². The average Bonchev–Trinajstić information content (AvgIpc) is 3.35. The summed E-state index contributed by atoms with van der Waals surface area (Å²) in [5.74, 6) is 0.0851. The van der Waals surface area contributed by atoms with Gasteiger partial charge in [-0.3, -0.25) is 18.8 Å². The molecule has 0 spiro atoms. The van der Waals surface area contributed by atoms with E-state index in [9.17, 15) is 9.59 Å². The van der Waals surface area contributed by atoms with Crippen LogP contribution in [0.3, 0.4) is 0 Å². The summed E-state index contributed by atoms with van der Waals surface area (Å²) < 4.78 is 3.35. The Morgan fingerprint density at radius 1 is 1.28 bits per heavy atom. The first-order valence-corrected chi connectivity index (χ1v) is 11.0. The number of amides is 1. The molecule has 1 N–H and O–H groups in total. The maximum Gasteiger partial charge on any atom is 0.282 e. The highest BCUT2D eigenvalue weighted by Gasteiger charge is 2.24. The number of carbonyl (C=O) groups is 1. The summed E-state index contributed by atoms with van der Waals surface area (Å²) >= 11 is 7.18. The van der Waals surface area contributed by atoms with Crippen molar-refractivity contribution < 1.29 is 4.79 Å². The monoisotopic (exact) mass is 431 g/mol. The highest BCUT2D eigenvalue weighted by molar-refractivity contribution is 7.99. The molecule has 0 bridgehead atoms. The van der Waals surface area contributed by atoms with Crippen molar-refractivity contribution in [2.24, 2.45) is 7.05 Å². The topological polar surface area (TPSA) is 81.8 Å². The number of thioether (sulfide) groups is 1. The van der Waals surface area contributed by atoms with Crippen molar-refractivity contribution in [3.05, 3.63) is 51.4 Å². The summed E-state index contributed by atoms with van der Waals surface area (Å²) in [4.78, 5) is 30.1. The van der Waals surface area contributed by atoms with E-state index in [2.05, 4.69) is 15.4 Å². The molecule has 3 aromatic rings. The summed E-state index contributed by atoms with van der Waals surface area (Å²) in [6, 6.07) is 7.48. The number of hydrogen-bond acceptors (Lipinski definition) is 5. The highest BCUT2D eigenvalue weighted by Crippen LogP contribution is 2.32. The standard InChI is InChI=1S/C20H22ClN5O2S/c1-25-11-16-18(24-25)19(28)26(15-4-2-3-5-15)20(23-16)29-12-17(27)22-10-13-6-8-14(21)9-7-13/h6-9,11,15H,2-5,10,12H2,1H3,(H,22,27). The molecule has 2 aromatic heterocycles. The third-order valence-corrected chi connectivity index (χ3v) is 6.28. The van der Waals surface area contributed by atoms with Gasteiger partial charge in [-0.25, -0.2) is 4.98 Å². The van der Waals surface area contributed by atoms with Crippen LogP contribution < -0.4 is 10.9 Å². The van der Waals surface area contributed by atoms with Gasteiger partial charge in [0.1, 0.15) is 5.52 Å². The fourth-order valence-electron chi connectivity index (χ4n) is 3.64. The third-order valence-electron chi connectivity index (χ3n) is 5.08. The van der Waals surface area contributed by atoms with E-state index in [1.54, 1.807) is 34.6 Å². The molecular formula is C20H22ClN5O2S. The van der Waals surface area contributed by atoms with Crippen molar-refractivity contribution in [2.75, 3.05) is 5.75 Å². The summed E-state index contributed by atoms with van der Waals surface area (Å²) in [5.41, 5.74) is 1.81. The van der Waals surface area contributed by atoms with Gasteiger partial charge in [0.25, 0.3) is 5.56 Å². The van der Waals surface area contributed by atoms with Crippen molar-refractivity contribution in [2.45, 2.75) is 43.4 Å². The van der Waals surface area contributed by atoms with E-state index >= 15 is 0 Å². The Kier molecular flexibility index (Phi) is 5.91. The molecule has 1 amide bonds. The van der Waals surface area contributed by atoms with Crippen LogP contribution in [-0.2, 0) is 18.4 Å². The fourth-order valence-corrected chi connectivity index (χ4v) is 4.66. The predicted octanol–water partition coefficient (Wildman–Crippen LogP) is 3.31. The number of benzene rings is 1. The fraction of sp³-hybridized carbons (Fsp3) is 0.400. The number of rotatable bonds is 6. The van der Waals surface area contributed by atoms with E-state index in [4.69, 9.17) is 11.6 Å². The van der Waals surface area contributed by atoms with E-state index in [0.717, 1.165) is 31.2 Å². The lowest BCUT2D eigenvalue weighted by Crippen LogP contribution is -2.28. The van der Waals surface area contributed by atoms with Gasteiger partial charge in [-0.1, -0.05) is 48.3 Å². The molecule has 1 aromatic carbocycles. The molecule has 0 unspecified atom stereocenters. The highest BCUT2D eigenvalue weighted by atomic mass is 35.5. The van der Waals surface area contributed by atoms with E-state index in [0.29, 0.717) is 27.8 Å². The molecule has 7 nitrogen and oxygen atoms in total. The molecule has 4 rings (SSSR count). The molecule has 1 saturated carbocycles.